The van der Waals surface area contributed by atoms with Gasteiger partial charge >= 0.3 is 34.9 Å². The molecule has 4 aromatic carbocycles. The zero-order valence-corrected chi connectivity index (χ0v) is 26.6. The fourth-order valence-corrected chi connectivity index (χ4v) is 6.40. The van der Waals surface area contributed by atoms with E-state index >= 15 is 0 Å². The van der Waals surface area contributed by atoms with Crippen LogP contribution in [0.1, 0.15) is 6.92 Å². The van der Waals surface area contributed by atoms with Gasteiger partial charge in [-0.25, -0.2) is 12.1 Å². The molecule has 0 saturated carbocycles. The van der Waals surface area contributed by atoms with Gasteiger partial charge in [0.15, 0.2) is 8.32 Å². The molecule has 0 atom stereocenters. The summed E-state index contributed by atoms with van der Waals surface area (Å²) in [5.41, 5.74) is 0. The van der Waals surface area contributed by atoms with Gasteiger partial charge in [-0.05, 0) is 25.7 Å². The number of benzene rings is 2. The molecular weight excluding hydrogens is 559 g/mol. The van der Waals surface area contributed by atoms with E-state index in [2.05, 4.69) is 115 Å². The Bertz CT molecular complexity index is 1020. The largest absolute Gasteiger partial charge is 1.00 e. The number of hydrogen-bond acceptors (Lipinski definition) is 1. The minimum absolute atomic E-state index is 0. The second-order valence-corrected chi connectivity index (χ2v) is 20.2. The van der Waals surface area contributed by atoms with Gasteiger partial charge in [0.25, 0.3) is 0 Å². The number of halogens is 2. The molecule has 0 unspecified atom stereocenters. The van der Waals surface area contributed by atoms with Crippen molar-refractivity contribution in [3.8, 4) is 0 Å². The van der Waals surface area contributed by atoms with E-state index < -0.39 is 16.4 Å². The first kappa shape index (κ1) is 32.4. The topological polar surface area (TPSA) is 9.23 Å². The zero-order chi connectivity index (χ0) is 22.9. The van der Waals surface area contributed by atoms with Crippen molar-refractivity contribution in [1.29, 1.82) is 0 Å². The maximum Gasteiger partial charge on any atom is 0.183 e. The Balaban J connectivity index is 0.000000528. The van der Waals surface area contributed by atoms with Gasteiger partial charge in [-0.1, -0.05) is 49.5 Å². The van der Waals surface area contributed by atoms with Crippen LogP contribution < -0.4 is 30.0 Å². The van der Waals surface area contributed by atoms with Gasteiger partial charge in [-0.2, -0.15) is 17.3 Å². The van der Waals surface area contributed by atoms with Crippen LogP contribution in [0.2, 0.25) is 38.8 Å². The van der Waals surface area contributed by atoms with Crippen LogP contribution in [0.15, 0.2) is 78.9 Å². The van der Waals surface area contributed by atoms with E-state index in [9.17, 15) is 0 Å². The Morgan fingerprint density at radius 1 is 0.818 bits per heavy atom. The van der Waals surface area contributed by atoms with Crippen LogP contribution in [-0.4, -0.2) is 26.7 Å². The minimum atomic E-state index is -1.32. The molecule has 0 N–H and O–H groups in total. The molecule has 4 rings (SSSR count). The Hall–Kier alpha value is -0.613. The molecule has 0 saturated heterocycles. The molecule has 0 amide bonds. The van der Waals surface area contributed by atoms with Gasteiger partial charge in [-0.3, -0.25) is 0 Å². The molecule has 33 heavy (non-hydrogen) atoms. The van der Waals surface area contributed by atoms with Crippen LogP contribution in [0.4, 0.5) is 0 Å². The SMILES string of the molecule is C[CH]=[Zr+2].C[Si](C)(C)OCC[Si](C)(C)c1ccc[cH-]1.[Cl-].[Cl-].c1ccc2c(c1)[cH-]c1ccccc12. The Kier molecular flexibility index (Phi) is 15.1. The number of hydrogen-bond donors (Lipinski definition) is 0. The molecule has 0 bridgehead atoms. The molecule has 178 valence electrons. The van der Waals surface area contributed by atoms with Crippen LogP contribution in [0.3, 0.4) is 0 Å². The number of rotatable bonds is 5. The Morgan fingerprint density at radius 2 is 1.30 bits per heavy atom. The van der Waals surface area contributed by atoms with E-state index in [0.717, 1.165) is 6.61 Å². The second kappa shape index (κ2) is 15.4. The average molecular weight is 595 g/mol. The molecule has 0 fully saturated rings. The van der Waals surface area contributed by atoms with Crippen molar-refractivity contribution >= 4 is 46.8 Å². The molecule has 0 aliphatic carbocycles. The summed E-state index contributed by atoms with van der Waals surface area (Å²) in [5.74, 6) is 0. The summed E-state index contributed by atoms with van der Waals surface area (Å²) < 4.78 is 8.03. The molecule has 0 radical (unpaired) electrons. The van der Waals surface area contributed by atoms with Crippen molar-refractivity contribution in [2.75, 3.05) is 6.61 Å². The van der Waals surface area contributed by atoms with E-state index in [0.29, 0.717) is 0 Å². The van der Waals surface area contributed by atoms with Crippen molar-refractivity contribution in [1.82, 2.24) is 0 Å². The summed E-state index contributed by atoms with van der Waals surface area (Å²) in [4.78, 5) is 0. The fraction of sp³-hybridized carbons (Fsp3) is 0.296. The third-order valence-electron chi connectivity index (χ3n) is 5.23. The average Bonchev–Trinajstić information content (AvgIpc) is 3.36. The molecular formula is C27H36Cl2OSi2Zr-2. The fourth-order valence-electron chi connectivity index (χ4n) is 3.49. The maximum absolute atomic E-state index is 5.94. The predicted octanol–water partition coefficient (Wildman–Crippen LogP) is 1.25. The van der Waals surface area contributed by atoms with Gasteiger partial charge in [0, 0.05) is 6.61 Å². The molecule has 1 nitrogen and oxygen atoms in total. The summed E-state index contributed by atoms with van der Waals surface area (Å²) in [6.07, 6.45) is 0. The molecule has 0 aliphatic rings. The van der Waals surface area contributed by atoms with E-state index in [1.54, 1.807) is 5.19 Å². The number of fused-ring (bicyclic) bond motifs is 3. The van der Waals surface area contributed by atoms with Gasteiger partial charge in [0.05, 0.1) is 8.07 Å². The van der Waals surface area contributed by atoms with E-state index in [1.165, 1.54) is 51.8 Å². The Labute approximate surface area is 229 Å². The van der Waals surface area contributed by atoms with Gasteiger partial charge < -0.3 is 29.2 Å². The standard InChI is InChI=1S/C13H9.C12H23OSi2.C2H4.2ClH.Zr/c1-3-7-12-10(5-1)9-11-6-2-4-8-13(11)12;1-14(2,3)13-10-11-15(4,5)12-8-6-7-9-12;1-2;;;/h1-9H;6-9H,10-11H2,1-5H3;1H,2H3;2*1H;/q2*-1;;;;+2/p-2. The molecule has 0 aromatic heterocycles. The quantitative estimate of drug-likeness (QED) is 0.250. The molecule has 0 aliphatic heterocycles. The van der Waals surface area contributed by atoms with Gasteiger partial charge in [0.1, 0.15) is 0 Å². The molecule has 0 heterocycles. The van der Waals surface area contributed by atoms with Gasteiger partial charge in [0.2, 0.25) is 0 Å². The molecule has 6 heteroatoms. The predicted molar refractivity (Wildman–Crippen MR) is 142 cm³/mol. The van der Waals surface area contributed by atoms with Crippen LogP contribution in [-0.2, 0) is 28.7 Å². The monoisotopic (exact) mass is 592 g/mol. The maximum atomic E-state index is 5.94. The summed E-state index contributed by atoms with van der Waals surface area (Å²) in [6.45, 7) is 14.6. The van der Waals surface area contributed by atoms with Crippen LogP contribution in [0.5, 0.6) is 0 Å². The zero-order valence-electron chi connectivity index (χ0n) is 20.7. The first-order valence-electron chi connectivity index (χ1n) is 11.0. The van der Waals surface area contributed by atoms with Crippen LogP contribution in [0.25, 0.3) is 21.5 Å². The third kappa shape index (κ3) is 10.7. The van der Waals surface area contributed by atoms with Gasteiger partial charge in [-0.15, -0.1) is 39.7 Å². The first-order chi connectivity index (χ1) is 14.7. The van der Waals surface area contributed by atoms with Crippen molar-refractivity contribution < 1.29 is 53.5 Å². The van der Waals surface area contributed by atoms with Crippen molar-refractivity contribution in [3.63, 3.8) is 0 Å². The summed E-state index contributed by atoms with van der Waals surface area (Å²) in [7, 11) is -2.55. The molecule has 0 spiro atoms. The minimum Gasteiger partial charge on any atom is -1.00 e. The normalized spacial score (nSPS) is 10.8. The molecule has 4 aromatic rings. The van der Waals surface area contributed by atoms with E-state index in [4.69, 9.17) is 4.43 Å². The van der Waals surface area contributed by atoms with Crippen molar-refractivity contribution in [2.45, 2.75) is 45.7 Å². The summed E-state index contributed by atoms with van der Waals surface area (Å²) in [5, 5.41) is 6.95. The van der Waals surface area contributed by atoms with Crippen molar-refractivity contribution in [3.05, 3.63) is 78.9 Å². The summed E-state index contributed by atoms with van der Waals surface area (Å²) >= 11 is 1.51. The summed E-state index contributed by atoms with van der Waals surface area (Å²) in [6, 6.07) is 29.3. The van der Waals surface area contributed by atoms with Crippen molar-refractivity contribution in [2.24, 2.45) is 0 Å². The van der Waals surface area contributed by atoms with Crippen LogP contribution >= 0.6 is 0 Å². The van der Waals surface area contributed by atoms with E-state index in [1.807, 2.05) is 6.92 Å². The Morgan fingerprint density at radius 3 is 1.73 bits per heavy atom. The third-order valence-corrected chi connectivity index (χ3v) is 9.65. The van der Waals surface area contributed by atoms with E-state index in [-0.39, 0.29) is 24.8 Å². The van der Waals surface area contributed by atoms with Crippen LogP contribution in [0, 0.1) is 0 Å². The second-order valence-electron chi connectivity index (χ2n) is 9.38. The smallest absolute Gasteiger partial charge is 0.183 e. The first-order valence-corrected chi connectivity index (χ1v) is 19.1.